The molecule has 2 N–H and O–H groups in total. The molecule has 2 aromatic carbocycles. The van der Waals surface area contributed by atoms with E-state index in [1.807, 2.05) is 60.7 Å². The van der Waals surface area contributed by atoms with Crippen molar-refractivity contribution in [2.75, 3.05) is 12.5 Å². The number of hydrazine groups is 1. The minimum atomic E-state index is -1.44. The molecule has 0 aliphatic rings. The van der Waals surface area contributed by atoms with Crippen molar-refractivity contribution in [3.8, 4) is 0 Å². The molecule has 0 aliphatic heterocycles. The first-order chi connectivity index (χ1) is 11.6. The standard InChI is InChI=1S/C17H19N3O4/c1-24-17(21)16(20(22)23)12-15(13-8-4-2-5-9-13)19-18-14-10-6-3-7-11-14/h2-11,15-16,18-19H,12H2,1H3. The molecule has 0 heterocycles. The highest BCUT2D eigenvalue weighted by Gasteiger charge is 2.34. The predicted molar refractivity (Wildman–Crippen MR) is 89.8 cm³/mol. The fraction of sp³-hybridized carbons (Fsp3) is 0.235. The van der Waals surface area contributed by atoms with Gasteiger partial charge in [-0.3, -0.25) is 10.1 Å². The molecule has 0 radical (unpaired) electrons. The second-order valence-electron chi connectivity index (χ2n) is 5.16. The molecule has 126 valence electrons. The van der Waals surface area contributed by atoms with Crippen molar-refractivity contribution >= 4 is 11.7 Å². The van der Waals surface area contributed by atoms with Crippen molar-refractivity contribution in [3.63, 3.8) is 0 Å². The van der Waals surface area contributed by atoms with E-state index in [1.54, 1.807) is 0 Å². The van der Waals surface area contributed by atoms with Crippen LogP contribution < -0.4 is 10.9 Å². The van der Waals surface area contributed by atoms with E-state index in [2.05, 4.69) is 15.6 Å². The van der Waals surface area contributed by atoms with Gasteiger partial charge in [0.2, 0.25) is 0 Å². The molecule has 2 rings (SSSR count). The number of methoxy groups -OCH3 is 1. The van der Waals surface area contributed by atoms with Crippen LogP contribution in [0.4, 0.5) is 5.69 Å². The molecule has 0 saturated heterocycles. The Bertz CT molecular complexity index is 664. The molecule has 2 aromatic rings. The summed E-state index contributed by atoms with van der Waals surface area (Å²) in [5.74, 6) is -0.859. The number of carbonyl (C=O) groups excluding carboxylic acids is 1. The number of rotatable bonds is 8. The maximum atomic E-state index is 11.7. The van der Waals surface area contributed by atoms with Crippen LogP contribution in [0, 0.1) is 10.1 Å². The number of ether oxygens (including phenoxy) is 1. The molecule has 24 heavy (non-hydrogen) atoms. The quantitative estimate of drug-likeness (QED) is 0.439. The van der Waals surface area contributed by atoms with Gasteiger partial charge in [0.05, 0.1) is 13.2 Å². The molecular formula is C17H19N3O4. The summed E-state index contributed by atoms with van der Waals surface area (Å²) in [5, 5.41) is 11.2. The number of nitrogens with one attached hydrogen (secondary N) is 2. The molecule has 0 aliphatic carbocycles. The molecule has 0 spiro atoms. The summed E-state index contributed by atoms with van der Waals surface area (Å²) in [6.07, 6.45) is -0.0382. The SMILES string of the molecule is COC(=O)C(CC(NNc1ccccc1)c1ccccc1)[N+](=O)[O-]. The predicted octanol–water partition coefficient (Wildman–Crippen LogP) is 2.55. The topological polar surface area (TPSA) is 93.5 Å². The smallest absolute Gasteiger partial charge is 0.381 e. The van der Waals surface area contributed by atoms with Gasteiger partial charge in [0.15, 0.2) is 0 Å². The highest BCUT2D eigenvalue weighted by Crippen LogP contribution is 2.20. The van der Waals surface area contributed by atoms with E-state index >= 15 is 0 Å². The third kappa shape index (κ3) is 4.79. The van der Waals surface area contributed by atoms with Crippen LogP contribution in [0.3, 0.4) is 0 Å². The van der Waals surface area contributed by atoms with Gasteiger partial charge >= 0.3 is 12.0 Å². The zero-order chi connectivity index (χ0) is 17.4. The number of hydrogen-bond donors (Lipinski definition) is 2. The number of para-hydroxylation sites is 1. The van der Waals surface area contributed by atoms with Crippen molar-refractivity contribution in [2.24, 2.45) is 0 Å². The highest BCUT2D eigenvalue weighted by atomic mass is 16.6. The number of carbonyl (C=O) groups is 1. The van der Waals surface area contributed by atoms with E-state index < -0.39 is 23.0 Å². The second kappa shape index (κ2) is 8.64. The maximum absolute atomic E-state index is 11.7. The fourth-order valence-electron chi connectivity index (χ4n) is 2.28. The lowest BCUT2D eigenvalue weighted by Gasteiger charge is -2.21. The Morgan fingerprint density at radius 3 is 2.25 bits per heavy atom. The first-order valence-corrected chi connectivity index (χ1v) is 7.44. The van der Waals surface area contributed by atoms with Crippen molar-refractivity contribution in [2.45, 2.75) is 18.5 Å². The van der Waals surface area contributed by atoms with Gasteiger partial charge in [0.25, 0.3) is 0 Å². The zero-order valence-electron chi connectivity index (χ0n) is 13.2. The van der Waals surface area contributed by atoms with Gasteiger partial charge in [-0.2, -0.15) is 0 Å². The van der Waals surface area contributed by atoms with E-state index in [0.29, 0.717) is 0 Å². The Kier molecular flexibility index (Phi) is 6.27. The van der Waals surface area contributed by atoms with Crippen LogP contribution in [-0.4, -0.2) is 24.0 Å². The van der Waals surface area contributed by atoms with Crippen molar-refractivity contribution in [3.05, 3.63) is 76.3 Å². The summed E-state index contributed by atoms with van der Waals surface area (Å²) in [5.41, 5.74) is 7.72. The Balaban J connectivity index is 2.16. The molecular weight excluding hydrogens is 310 g/mol. The Hall–Kier alpha value is -2.93. The second-order valence-corrected chi connectivity index (χ2v) is 5.16. The summed E-state index contributed by atoms with van der Waals surface area (Å²) in [6, 6.07) is 16.7. The molecule has 0 saturated carbocycles. The molecule has 2 unspecified atom stereocenters. The molecule has 0 aromatic heterocycles. The number of hydrogen-bond acceptors (Lipinski definition) is 6. The molecule has 0 amide bonds. The fourth-order valence-corrected chi connectivity index (χ4v) is 2.28. The van der Waals surface area contributed by atoms with Crippen LogP contribution >= 0.6 is 0 Å². The summed E-state index contributed by atoms with van der Waals surface area (Å²) < 4.78 is 4.54. The lowest BCUT2D eigenvalue weighted by molar-refractivity contribution is -0.512. The van der Waals surface area contributed by atoms with E-state index in [0.717, 1.165) is 18.4 Å². The van der Waals surface area contributed by atoms with Crippen molar-refractivity contribution < 1.29 is 14.5 Å². The molecule has 0 bridgehead atoms. The van der Waals surface area contributed by atoms with Gasteiger partial charge in [-0.15, -0.1) is 0 Å². The van der Waals surface area contributed by atoms with E-state index in [4.69, 9.17) is 0 Å². The van der Waals surface area contributed by atoms with E-state index in [1.165, 1.54) is 0 Å². The van der Waals surface area contributed by atoms with Gasteiger partial charge in [0, 0.05) is 17.0 Å². The average Bonchev–Trinajstić information content (AvgIpc) is 2.62. The first kappa shape index (κ1) is 17.4. The monoisotopic (exact) mass is 329 g/mol. The van der Waals surface area contributed by atoms with Gasteiger partial charge in [-0.1, -0.05) is 48.5 Å². The zero-order valence-corrected chi connectivity index (χ0v) is 13.2. The molecule has 0 fully saturated rings. The van der Waals surface area contributed by atoms with Crippen LogP contribution in [0.1, 0.15) is 18.0 Å². The number of anilines is 1. The van der Waals surface area contributed by atoms with Gasteiger partial charge in [-0.25, -0.2) is 10.2 Å². The number of nitrogens with zero attached hydrogens (tertiary/aromatic N) is 1. The number of nitro groups is 1. The van der Waals surface area contributed by atoms with Crippen molar-refractivity contribution in [1.82, 2.24) is 5.43 Å². The number of benzene rings is 2. The van der Waals surface area contributed by atoms with E-state index in [-0.39, 0.29) is 6.42 Å². The summed E-state index contributed by atoms with van der Waals surface area (Å²) in [7, 11) is 1.14. The summed E-state index contributed by atoms with van der Waals surface area (Å²) >= 11 is 0. The molecule has 2 atom stereocenters. The number of esters is 1. The lowest BCUT2D eigenvalue weighted by atomic mass is 10.00. The summed E-state index contributed by atoms with van der Waals surface area (Å²) in [4.78, 5) is 22.3. The molecule has 7 heteroatoms. The van der Waals surface area contributed by atoms with E-state index in [9.17, 15) is 14.9 Å². The Labute approximate surface area is 139 Å². The average molecular weight is 329 g/mol. The normalized spacial score (nSPS) is 12.9. The molecule has 7 nitrogen and oxygen atoms in total. The van der Waals surface area contributed by atoms with Gasteiger partial charge in [-0.05, 0) is 17.7 Å². The minimum absolute atomic E-state index is 0.0382. The largest absolute Gasteiger partial charge is 0.464 e. The van der Waals surface area contributed by atoms with Crippen LogP contribution in [0.5, 0.6) is 0 Å². The third-order valence-corrected chi connectivity index (χ3v) is 3.55. The van der Waals surface area contributed by atoms with Crippen LogP contribution in [-0.2, 0) is 9.53 Å². The first-order valence-electron chi connectivity index (χ1n) is 7.44. The van der Waals surface area contributed by atoms with Crippen molar-refractivity contribution in [1.29, 1.82) is 0 Å². The summed E-state index contributed by atoms with van der Waals surface area (Å²) in [6.45, 7) is 0. The minimum Gasteiger partial charge on any atom is -0.464 e. The van der Waals surface area contributed by atoms with Gasteiger partial charge in [0.1, 0.15) is 0 Å². The maximum Gasteiger partial charge on any atom is 0.381 e. The van der Waals surface area contributed by atoms with Crippen LogP contribution in [0.25, 0.3) is 0 Å². The Morgan fingerprint density at radius 1 is 1.12 bits per heavy atom. The Morgan fingerprint density at radius 2 is 1.71 bits per heavy atom. The lowest BCUT2D eigenvalue weighted by Crippen LogP contribution is -2.37. The van der Waals surface area contributed by atoms with Crippen LogP contribution in [0.2, 0.25) is 0 Å². The van der Waals surface area contributed by atoms with Gasteiger partial charge < -0.3 is 10.2 Å². The highest BCUT2D eigenvalue weighted by molar-refractivity contribution is 5.74. The van der Waals surface area contributed by atoms with Crippen LogP contribution in [0.15, 0.2) is 60.7 Å². The third-order valence-electron chi connectivity index (χ3n) is 3.55.